The fraction of sp³-hybridized carbons (Fsp3) is 0.421. The molecule has 5 heteroatoms. The van der Waals surface area contributed by atoms with Crippen molar-refractivity contribution in [3.63, 3.8) is 0 Å². The second-order valence-electron chi connectivity index (χ2n) is 6.30. The van der Waals surface area contributed by atoms with Crippen LogP contribution in [0.5, 0.6) is 5.75 Å². The molecule has 0 radical (unpaired) electrons. The van der Waals surface area contributed by atoms with Crippen molar-refractivity contribution in [1.29, 1.82) is 0 Å². The molecule has 3 rings (SSSR count). The van der Waals surface area contributed by atoms with Crippen LogP contribution >= 0.6 is 0 Å². The quantitative estimate of drug-likeness (QED) is 0.848. The number of rotatable bonds is 5. The average molecular weight is 325 g/mol. The number of amides is 1. The van der Waals surface area contributed by atoms with Crippen molar-refractivity contribution < 1.29 is 9.53 Å². The van der Waals surface area contributed by atoms with Gasteiger partial charge in [0.2, 0.25) is 0 Å². The zero-order valence-corrected chi connectivity index (χ0v) is 14.0. The maximum Gasteiger partial charge on any atom is 0.260 e. The Labute approximate surface area is 142 Å². The number of hydrogen-bond donors (Lipinski definition) is 0. The number of hydrogen-bond acceptors (Lipinski definition) is 4. The summed E-state index contributed by atoms with van der Waals surface area (Å²) in [5.74, 6) is 1.14. The summed E-state index contributed by atoms with van der Waals surface area (Å²) in [5.41, 5.74) is 2.15. The summed E-state index contributed by atoms with van der Waals surface area (Å²) in [6.07, 6.45) is 6.41. The van der Waals surface area contributed by atoms with Gasteiger partial charge in [0.1, 0.15) is 5.75 Å². The first kappa shape index (κ1) is 16.4. The molecule has 126 valence electrons. The average Bonchev–Trinajstić information content (AvgIpc) is 2.61. The minimum atomic E-state index is 0.0424. The van der Waals surface area contributed by atoms with Gasteiger partial charge < -0.3 is 9.64 Å². The highest BCUT2D eigenvalue weighted by molar-refractivity contribution is 5.77. The van der Waals surface area contributed by atoms with Gasteiger partial charge in [-0.2, -0.15) is 0 Å². The summed E-state index contributed by atoms with van der Waals surface area (Å²) < 4.78 is 5.52. The van der Waals surface area contributed by atoms with Gasteiger partial charge in [-0.25, -0.2) is 0 Å². The Morgan fingerprint density at radius 2 is 2.25 bits per heavy atom. The van der Waals surface area contributed by atoms with E-state index in [1.54, 1.807) is 18.5 Å². The van der Waals surface area contributed by atoms with Gasteiger partial charge in [0.25, 0.3) is 5.91 Å². The van der Waals surface area contributed by atoms with Gasteiger partial charge in [0.05, 0.1) is 6.20 Å². The van der Waals surface area contributed by atoms with Crippen LogP contribution in [0.2, 0.25) is 0 Å². The molecule has 24 heavy (non-hydrogen) atoms. The van der Waals surface area contributed by atoms with E-state index in [2.05, 4.69) is 16.0 Å². The number of aryl methyl sites for hydroxylation is 1. The summed E-state index contributed by atoms with van der Waals surface area (Å²) in [4.78, 5) is 22.9. The largest absolute Gasteiger partial charge is 0.482 e. The molecule has 2 aromatic heterocycles. The van der Waals surface area contributed by atoms with Gasteiger partial charge in [-0.05, 0) is 56.4 Å². The van der Waals surface area contributed by atoms with Gasteiger partial charge >= 0.3 is 0 Å². The Bertz CT molecular complexity index is 675. The Morgan fingerprint density at radius 1 is 1.33 bits per heavy atom. The first-order valence-electron chi connectivity index (χ1n) is 8.44. The smallest absolute Gasteiger partial charge is 0.260 e. The number of carbonyl (C=O) groups excluding carboxylic acids is 1. The van der Waals surface area contributed by atoms with Crippen LogP contribution in [0.1, 0.15) is 24.2 Å². The molecule has 1 amide bonds. The molecule has 1 saturated heterocycles. The van der Waals surface area contributed by atoms with Crippen LogP contribution in [-0.2, 0) is 11.2 Å². The van der Waals surface area contributed by atoms with Crippen molar-refractivity contribution in [2.75, 3.05) is 19.7 Å². The van der Waals surface area contributed by atoms with Crippen molar-refractivity contribution in [2.24, 2.45) is 5.92 Å². The molecular weight excluding hydrogens is 302 g/mol. The highest BCUT2D eigenvalue weighted by Gasteiger charge is 2.24. The lowest BCUT2D eigenvalue weighted by atomic mass is 9.93. The fourth-order valence-electron chi connectivity index (χ4n) is 3.14. The summed E-state index contributed by atoms with van der Waals surface area (Å²) >= 11 is 0. The monoisotopic (exact) mass is 325 g/mol. The molecule has 0 spiro atoms. The predicted molar refractivity (Wildman–Crippen MR) is 91.7 cm³/mol. The van der Waals surface area contributed by atoms with Gasteiger partial charge in [-0.1, -0.05) is 6.07 Å². The molecule has 1 aliphatic rings. The minimum Gasteiger partial charge on any atom is -0.482 e. The van der Waals surface area contributed by atoms with E-state index in [1.165, 1.54) is 0 Å². The number of ether oxygens (including phenoxy) is 1. The number of piperidine rings is 1. The van der Waals surface area contributed by atoms with Crippen molar-refractivity contribution in [3.05, 3.63) is 54.1 Å². The van der Waals surface area contributed by atoms with Crippen molar-refractivity contribution in [3.8, 4) is 5.75 Å². The van der Waals surface area contributed by atoms with Crippen LogP contribution in [0.15, 0.2) is 42.7 Å². The number of carbonyl (C=O) groups is 1. The van der Waals surface area contributed by atoms with E-state index in [4.69, 9.17) is 4.74 Å². The van der Waals surface area contributed by atoms with Crippen LogP contribution in [0.3, 0.4) is 0 Å². The number of aromatic nitrogens is 2. The summed E-state index contributed by atoms with van der Waals surface area (Å²) in [6.45, 7) is 3.68. The SMILES string of the molecule is Cc1cccc(C[C@@H]2CCCN(C(=O)COc3cccnc3)C2)n1. The Morgan fingerprint density at radius 3 is 3.04 bits per heavy atom. The lowest BCUT2D eigenvalue weighted by Gasteiger charge is -2.32. The molecule has 3 heterocycles. The predicted octanol–water partition coefficient (Wildman–Crippen LogP) is 2.65. The molecule has 1 atom stereocenters. The molecule has 0 unspecified atom stereocenters. The van der Waals surface area contributed by atoms with Crippen LogP contribution < -0.4 is 4.74 Å². The van der Waals surface area contributed by atoms with E-state index in [9.17, 15) is 4.79 Å². The van der Waals surface area contributed by atoms with E-state index in [-0.39, 0.29) is 12.5 Å². The zero-order valence-electron chi connectivity index (χ0n) is 14.0. The lowest BCUT2D eigenvalue weighted by molar-refractivity contribution is -0.135. The highest BCUT2D eigenvalue weighted by atomic mass is 16.5. The lowest BCUT2D eigenvalue weighted by Crippen LogP contribution is -2.42. The fourth-order valence-corrected chi connectivity index (χ4v) is 3.14. The second-order valence-corrected chi connectivity index (χ2v) is 6.30. The number of likely N-dealkylation sites (tertiary alicyclic amines) is 1. The van der Waals surface area contributed by atoms with Crippen LogP contribution in [-0.4, -0.2) is 40.5 Å². The first-order valence-corrected chi connectivity index (χ1v) is 8.44. The molecular formula is C19H23N3O2. The Kier molecular flexibility index (Phi) is 5.41. The van der Waals surface area contributed by atoms with Gasteiger partial charge in [0.15, 0.2) is 6.61 Å². The molecule has 0 aromatic carbocycles. The minimum absolute atomic E-state index is 0.0424. The normalized spacial score (nSPS) is 17.5. The van der Waals surface area contributed by atoms with E-state index in [0.29, 0.717) is 11.7 Å². The maximum absolute atomic E-state index is 12.4. The van der Waals surface area contributed by atoms with Crippen LogP contribution in [0, 0.1) is 12.8 Å². The van der Waals surface area contributed by atoms with E-state index < -0.39 is 0 Å². The number of pyridine rings is 2. The molecule has 0 N–H and O–H groups in total. The maximum atomic E-state index is 12.4. The summed E-state index contributed by atoms with van der Waals surface area (Å²) in [5, 5.41) is 0. The van der Waals surface area contributed by atoms with E-state index >= 15 is 0 Å². The third-order valence-electron chi connectivity index (χ3n) is 4.31. The van der Waals surface area contributed by atoms with E-state index in [1.807, 2.05) is 30.0 Å². The topological polar surface area (TPSA) is 55.3 Å². The van der Waals surface area contributed by atoms with Gasteiger partial charge in [-0.3, -0.25) is 14.8 Å². The zero-order chi connectivity index (χ0) is 16.8. The van der Waals surface area contributed by atoms with Crippen molar-refractivity contribution in [1.82, 2.24) is 14.9 Å². The number of nitrogens with zero attached hydrogens (tertiary/aromatic N) is 3. The van der Waals surface area contributed by atoms with Gasteiger partial charge in [-0.15, -0.1) is 0 Å². The molecule has 0 bridgehead atoms. The summed E-state index contributed by atoms with van der Waals surface area (Å²) in [7, 11) is 0. The molecule has 0 aliphatic carbocycles. The van der Waals surface area contributed by atoms with Crippen LogP contribution in [0.25, 0.3) is 0 Å². The Balaban J connectivity index is 1.52. The van der Waals surface area contributed by atoms with E-state index in [0.717, 1.165) is 43.7 Å². The van der Waals surface area contributed by atoms with Gasteiger partial charge in [0, 0.05) is 30.7 Å². The molecule has 5 nitrogen and oxygen atoms in total. The van der Waals surface area contributed by atoms with Crippen LogP contribution in [0.4, 0.5) is 0 Å². The van der Waals surface area contributed by atoms with Crippen molar-refractivity contribution in [2.45, 2.75) is 26.2 Å². The molecule has 0 saturated carbocycles. The third-order valence-corrected chi connectivity index (χ3v) is 4.31. The van der Waals surface area contributed by atoms with Crippen molar-refractivity contribution >= 4 is 5.91 Å². The summed E-state index contributed by atoms with van der Waals surface area (Å²) in [6, 6.07) is 9.73. The first-order chi connectivity index (χ1) is 11.7. The molecule has 1 fully saturated rings. The highest BCUT2D eigenvalue weighted by Crippen LogP contribution is 2.20. The standard InChI is InChI=1S/C19H23N3O2/c1-15-5-2-7-17(21-15)11-16-6-4-10-22(13-16)19(23)14-24-18-8-3-9-20-12-18/h2-3,5,7-9,12,16H,4,6,10-11,13-14H2,1H3/t16-/m0/s1. The molecule has 1 aliphatic heterocycles. The Hall–Kier alpha value is -2.43. The third kappa shape index (κ3) is 4.54. The second kappa shape index (κ2) is 7.90. The molecule has 2 aromatic rings.